The summed E-state index contributed by atoms with van der Waals surface area (Å²) >= 11 is 0. The molecule has 3 nitrogen and oxygen atoms in total. The lowest BCUT2D eigenvalue weighted by Crippen LogP contribution is -2.32. The molecule has 0 atom stereocenters. The molecule has 6 heteroatoms. The van der Waals surface area contributed by atoms with E-state index in [1.54, 1.807) is 13.2 Å². The van der Waals surface area contributed by atoms with Crippen molar-refractivity contribution < 1.29 is 22.5 Å². The zero-order valence-corrected chi connectivity index (χ0v) is 11.6. The second-order valence-corrected chi connectivity index (χ2v) is 4.92. The molecule has 0 amide bonds. The van der Waals surface area contributed by atoms with Crippen molar-refractivity contribution in [3.8, 4) is 11.3 Å². The molecule has 0 aliphatic rings. The summed E-state index contributed by atoms with van der Waals surface area (Å²) in [6, 6.07) is 12.0. The van der Waals surface area contributed by atoms with Gasteiger partial charge < -0.3 is 4.40 Å². The van der Waals surface area contributed by atoms with Gasteiger partial charge in [-0.2, -0.15) is 17.7 Å². The van der Waals surface area contributed by atoms with Crippen molar-refractivity contribution >= 4 is 11.3 Å². The summed E-state index contributed by atoms with van der Waals surface area (Å²) in [4.78, 5) is 11.5. The third-order valence-electron chi connectivity index (χ3n) is 3.49. The molecule has 3 rings (SSSR count). The van der Waals surface area contributed by atoms with Crippen LogP contribution < -0.4 is 4.57 Å². The van der Waals surface area contributed by atoms with E-state index in [0.717, 1.165) is 11.3 Å². The van der Waals surface area contributed by atoms with E-state index in [-0.39, 0.29) is 5.69 Å². The first-order chi connectivity index (χ1) is 10.4. The second-order valence-electron chi connectivity index (χ2n) is 4.92. The maximum absolute atomic E-state index is 12.7. The van der Waals surface area contributed by atoms with Crippen molar-refractivity contribution in [3.63, 3.8) is 0 Å². The lowest BCUT2D eigenvalue weighted by molar-refractivity contribution is -0.659. The van der Waals surface area contributed by atoms with Gasteiger partial charge in [-0.3, -0.25) is 4.79 Å². The van der Waals surface area contributed by atoms with Crippen LogP contribution in [0.4, 0.5) is 13.2 Å². The molecular weight excluding hydrogens is 293 g/mol. The molecular formula is C16H12F3N2O+. The van der Waals surface area contributed by atoms with E-state index in [9.17, 15) is 18.0 Å². The molecule has 2 aromatic heterocycles. The van der Waals surface area contributed by atoms with Gasteiger partial charge in [-0.1, -0.05) is 18.2 Å². The van der Waals surface area contributed by atoms with Crippen LogP contribution in [0.15, 0.2) is 54.9 Å². The molecule has 22 heavy (non-hydrogen) atoms. The molecule has 0 radical (unpaired) electrons. The molecule has 0 bridgehead atoms. The Bertz CT molecular complexity index is 851. The third kappa shape index (κ3) is 2.26. The predicted octanol–water partition coefficient (Wildman–Crippen LogP) is 3.18. The van der Waals surface area contributed by atoms with Gasteiger partial charge in [-0.05, 0) is 24.3 Å². The number of alkyl halides is 3. The molecule has 0 aliphatic carbocycles. The van der Waals surface area contributed by atoms with Gasteiger partial charge in [-0.15, -0.1) is 0 Å². The summed E-state index contributed by atoms with van der Waals surface area (Å²) in [5, 5.41) is 0. The van der Waals surface area contributed by atoms with Gasteiger partial charge in [0.05, 0.1) is 11.9 Å². The number of carbonyl (C=O) groups is 1. The van der Waals surface area contributed by atoms with Crippen molar-refractivity contribution in [2.24, 2.45) is 7.05 Å². The fraction of sp³-hybridized carbons (Fsp3) is 0.125. The number of benzene rings is 1. The number of hydrogen-bond acceptors (Lipinski definition) is 1. The highest BCUT2D eigenvalue weighted by molar-refractivity contribution is 6.00. The fourth-order valence-corrected chi connectivity index (χ4v) is 2.50. The first-order valence-electron chi connectivity index (χ1n) is 6.56. The minimum Gasteiger partial charge on any atom is -0.302 e. The van der Waals surface area contributed by atoms with E-state index < -0.39 is 12.0 Å². The van der Waals surface area contributed by atoms with Crippen LogP contribution in [0.25, 0.3) is 16.8 Å². The lowest BCUT2D eigenvalue weighted by atomic mass is 10.1. The lowest BCUT2D eigenvalue weighted by Gasteiger charge is -2.07. The number of aryl methyl sites for hydroxylation is 1. The summed E-state index contributed by atoms with van der Waals surface area (Å²) in [7, 11) is 1.81. The Hall–Kier alpha value is -2.63. The van der Waals surface area contributed by atoms with Crippen LogP contribution in [0.2, 0.25) is 0 Å². The Labute approximate surface area is 124 Å². The van der Waals surface area contributed by atoms with Crippen LogP contribution in [0.5, 0.6) is 0 Å². The van der Waals surface area contributed by atoms with E-state index in [1.165, 1.54) is 22.7 Å². The Kier molecular flexibility index (Phi) is 3.24. The number of halogens is 3. The van der Waals surface area contributed by atoms with E-state index in [4.69, 9.17) is 0 Å². The summed E-state index contributed by atoms with van der Waals surface area (Å²) in [5.74, 6) is -1.85. The number of aromatic nitrogens is 2. The zero-order valence-electron chi connectivity index (χ0n) is 11.6. The minimum atomic E-state index is -4.89. The SMILES string of the molecule is C[n+]1ccn2c(C(=O)C(F)(F)F)ccc2c1-c1ccccc1. The van der Waals surface area contributed by atoms with E-state index in [0.29, 0.717) is 5.52 Å². The summed E-state index contributed by atoms with van der Waals surface area (Å²) in [6.07, 6.45) is -1.80. The Morgan fingerprint density at radius 1 is 1.09 bits per heavy atom. The maximum atomic E-state index is 12.7. The minimum absolute atomic E-state index is 0.389. The molecule has 0 saturated heterocycles. The fourth-order valence-electron chi connectivity index (χ4n) is 2.50. The molecule has 1 aromatic carbocycles. The average molecular weight is 305 g/mol. The summed E-state index contributed by atoms with van der Waals surface area (Å²) < 4.78 is 41.1. The summed E-state index contributed by atoms with van der Waals surface area (Å²) in [6.45, 7) is 0. The highest BCUT2D eigenvalue weighted by Crippen LogP contribution is 2.26. The molecule has 112 valence electrons. The topological polar surface area (TPSA) is 25.4 Å². The van der Waals surface area contributed by atoms with Gasteiger partial charge in [0.25, 0.3) is 5.78 Å². The zero-order chi connectivity index (χ0) is 15.9. The normalized spacial score (nSPS) is 11.8. The number of Topliss-reactive ketones (excluding diaryl/α,β-unsaturated/α-hetero) is 1. The van der Waals surface area contributed by atoms with E-state index >= 15 is 0 Å². The van der Waals surface area contributed by atoms with E-state index in [1.807, 2.05) is 34.9 Å². The van der Waals surface area contributed by atoms with Crippen LogP contribution in [0.3, 0.4) is 0 Å². The molecule has 0 unspecified atom stereocenters. The Morgan fingerprint density at radius 2 is 1.77 bits per heavy atom. The number of ketones is 1. The molecule has 2 heterocycles. The Morgan fingerprint density at radius 3 is 2.41 bits per heavy atom. The molecule has 3 aromatic rings. The van der Waals surface area contributed by atoms with Crippen molar-refractivity contribution in [3.05, 3.63) is 60.6 Å². The van der Waals surface area contributed by atoms with Gasteiger partial charge in [0.1, 0.15) is 12.6 Å². The van der Waals surface area contributed by atoms with Crippen LogP contribution in [0.1, 0.15) is 10.5 Å². The van der Waals surface area contributed by atoms with Crippen molar-refractivity contribution in [1.29, 1.82) is 0 Å². The first kappa shape index (κ1) is 14.3. The standard InChI is InChI=1S/C16H12F3N2O/c1-20-9-10-21-12(14(20)11-5-3-2-4-6-11)7-8-13(21)15(22)16(17,18)19/h2-10H,1H3/q+1. The number of hydrogen-bond donors (Lipinski definition) is 0. The van der Waals surface area contributed by atoms with Crippen LogP contribution in [0, 0.1) is 0 Å². The number of nitrogens with zero attached hydrogens (tertiary/aromatic N) is 2. The molecule has 0 N–H and O–H groups in total. The van der Waals surface area contributed by atoms with Crippen LogP contribution in [-0.2, 0) is 7.05 Å². The number of fused-ring (bicyclic) bond motifs is 1. The molecule has 0 saturated carbocycles. The van der Waals surface area contributed by atoms with Crippen molar-refractivity contribution in [2.75, 3.05) is 0 Å². The number of rotatable bonds is 2. The Balaban J connectivity index is 2.26. The van der Waals surface area contributed by atoms with Gasteiger partial charge in [0.2, 0.25) is 5.69 Å². The quantitative estimate of drug-likeness (QED) is 0.527. The monoisotopic (exact) mass is 305 g/mol. The predicted molar refractivity (Wildman–Crippen MR) is 74.4 cm³/mol. The first-order valence-corrected chi connectivity index (χ1v) is 6.56. The van der Waals surface area contributed by atoms with Crippen LogP contribution in [-0.4, -0.2) is 16.4 Å². The highest BCUT2D eigenvalue weighted by atomic mass is 19.4. The van der Waals surface area contributed by atoms with Gasteiger partial charge in [0, 0.05) is 5.56 Å². The number of carbonyl (C=O) groups excluding carboxylic acids is 1. The van der Waals surface area contributed by atoms with E-state index in [2.05, 4.69) is 0 Å². The van der Waals surface area contributed by atoms with Crippen molar-refractivity contribution in [2.45, 2.75) is 6.18 Å². The average Bonchev–Trinajstić information content (AvgIpc) is 2.89. The van der Waals surface area contributed by atoms with Gasteiger partial charge in [0.15, 0.2) is 6.20 Å². The third-order valence-corrected chi connectivity index (χ3v) is 3.49. The highest BCUT2D eigenvalue weighted by Gasteiger charge is 2.41. The van der Waals surface area contributed by atoms with Gasteiger partial charge >= 0.3 is 6.18 Å². The van der Waals surface area contributed by atoms with Crippen molar-refractivity contribution in [1.82, 2.24) is 4.40 Å². The van der Waals surface area contributed by atoms with Crippen LogP contribution >= 0.6 is 0 Å². The second kappa shape index (κ2) is 4.98. The molecule has 0 aliphatic heterocycles. The molecule has 0 fully saturated rings. The van der Waals surface area contributed by atoms with Gasteiger partial charge in [-0.25, -0.2) is 0 Å². The smallest absolute Gasteiger partial charge is 0.302 e. The maximum Gasteiger partial charge on any atom is 0.456 e. The summed E-state index contributed by atoms with van der Waals surface area (Å²) in [5.41, 5.74) is 1.76. The molecule has 0 spiro atoms. The largest absolute Gasteiger partial charge is 0.456 e.